The van der Waals surface area contributed by atoms with Crippen LogP contribution < -0.4 is 5.73 Å². The zero-order valence-corrected chi connectivity index (χ0v) is 8.81. The van der Waals surface area contributed by atoms with Crippen LogP contribution in [0.5, 0.6) is 0 Å². The molecular formula is C10H13FN2O3. The van der Waals surface area contributed by atoms with Gasteiger partial charge in [0.05, 0.1) is 4.92 Å². The van der Waals surface area contributed by atoms with E-state index in [0.717, 1.165) is 6.07 Å². The number of nitrogens with zero attached hydrogens (tertiary/aromatic N) is 1. The van der Waals surface area contributed by atoms with Crippen LogP contribution in [0.2, 0.25) is 0 Å². The van der Waals surface area contributed by atoms with Crippen LogP contribution in [0.4, 0.5) is 10.1 Å². The van der Waals surface area contributed by atoms with Gasteiger partial charge in [0.25, 0.3) is 0 Å². The number of rotatable bonds is 4. The summed E-state index contributed by atoms with van der Waals surface area (Å²) < 4.78 is 13.7. The van der Waals surface area contributed by atoms with Crippen molar-refractivity contribution >= 4 is 5.69 Å². The van der Waals surface area contributed by atoms with Crippen LogP contribution in [0.25, 0.3) is 0 Å². The number of hydrogen-bond acceptors (Lipinski definition) is 4. The quantitative estimate of drug-likeness (QED) is 0.465. The van der Waals surface area contributed by atoms with Gasteiger partial charge in [-0.25, -0.2) is 0 Å². The molecule has 5 nitrogen and oxygen atoms in total. The summed E-state index contributed by atoms with van der Waals surface area (Å²) in [6, 6.07) is 3.57. The molecule has 0 aliphatic rings. The number of nitrogens with two attached hydrogens (primary N) is 1. The summed E-state index contributed by atoms with van der Waals surface area (Å²) >= 11 is 0. The third kappa shape index (κ3) is 2.34. The Hall–Kier alpha value is -1.53. The lowest BCUT2D eigenvalue weighted by molar-refractivity contribution is -0.387. The number of nitro groups is 1. The van der Waals surface area contributed by atoms with Crippen LogP contribution in [0, 0.1) is 15.9 Å². The van der Waals surface area contributed by atoms with Gasteiger partial charge in [-0.2, -0.15) is 4.39 Å². The smallest absolute Gasteiger partial charge is 0.305 e. The molecule has 0 saturated carbocycles. The van der Waals surface area contributed by atoms with E-state index in [1.807, 2.05) is 0 Å². The van der Waals surface area contributed by atoms with Gasteiger partial charge in [0, 0.05) is 11.6 Å². The van der Waals surface area contributed by atoms with E-state index in [4.69, 9.17) is 5.73 Å². The lowest BCUT2D eigenvalue weighted by Gasteiger charge is -2.23. The predicted octanol–water partition coefficient (Wildman–Crippen LogP) is 1.64. The van der Waals surface area contributed by atoms with Crippen molar-refractivity contribution in [1.29, 1.82) is 0 Å². The Bertz CT molecular complexity index is 407. The van der Waals surface area contributed by atoms with Gasteiger partial charge in [0.15, 0.2) is 0 Å². The van der Waals surface area contributed by atoms with Crippen molar-refractivity contribution in [3.63, 3.8) is 0 Å². The summed E-state index contributed by atoms with van der Waals surface area (Å²) in [6.07, 6.45) is 0.667. The Kier molecular flexibility index (Phi) is 3.56. The molecule has 0 aliphatic heterocycles. The van der Waals surface area contributed by atoms with Crippen molar-refractivity contribution in [2.45, 2.75) is 25.5 Å². The molecule has 0 amide bonds. The van der Waals surface area contributed by atoms with E-state index < -0.39 is 22.2 Å². The topological polar surface area (TPSA) is 89.4 Å². The van der Waals surface area contributed by atoms with Crippen LogP contribution in [-0.4, -0.2) is 10.0 Å². The summed E-state index contributed by atoms with van der Waals surface area (Å²) in [4.78, 5) is 9.66. The average Bonchev–Trinajstić information content (AvgIpc) is 2.17. The Morgan fingerprint density at radius 2 is 2.25 bits per heavy atom. The van der Waals surface area contributed by atoms with E-state index in [9.17, 15) is 19.6 Å². The van der Waals surface area contributed by atoms with E-state index in [1.165, 1.54) is 12.1 Å². The Labute approximate surface area is 91.8 Å². The molecule has 0 heterocycles. The summed E-state index contributed by atoms with van der Waals surface area (Å²) in [5.74, 6) is -1.08. The van der Waals surface area contributed by atoms with Crippen molar-refractivity contribution in [2.24, 2.45) is 5.73 Å². The van der Waals surface area contributed by atoms with E-state index >= 15 is 0 Å². The molecule has 1 rings (SSSR count). The monoisotopic (exact) mass is 228 g/mol. The fourth-order valence-corrected chi connectivity index (χ4v) is 1.51. The molecule has 0 unspecified atom stereocenters. The summed E-state index contributed by atoms with van der Waals surface area (Å²) in [5, 5.41) is 20.3. The van der Waals surface area contributed by atoms with Gasteiger partial charge in [-0.3, -0.25) is 15.8 Å². The fourth-order valence-electron chi connectivity index (χ4n) is 1.51. The van der Waals surface area contributed by atoms with Gasteiger partial charge in [-0.05, 0) is 6.42 Å². The first-order valence-electron chi connectivity index (χ1n) is 4.84. The Morgan fingerprint density at radius 3 is 2.75 bits per heavy atom. The fraction of sp³-hybridized carbons (Fsp3) is 0.400. The summed E-state index contributed by atoms with van der Waals surface area (Å²) in [6.45, 7) is 1.77. The first-order chi connectivity index (χ1) is 7.40. The van der Waals surface area contributed by atoms with E-state index in [-0.39, 0.29) is 12.0 Å². The van der Waals surface area contributed by atoms with Gasteiger partial charge in [0.2, 0.25) is 5.82 Å². The molecule has 16 heavy (non-hydrogen) atoms. The van der Waals surface area contributed by atoms with Crippen LogP contribution in [0.1, 0.15) is 25.3 Å². The van der Waals surface area contributed by atoms with Crippen molar-refractivity contribution < 1.29 is 14.4 Å². The molecular weight excluding hydrogens is 215 g/mol. The van der Waals surface area contributed by atoms with Gasteiger partial charge in [-0.15, -0.1) is 0 Å². The van der Waals surface area contributed by atoms with Crippen molar-refractivity contribution in [1.82, 2.24) is 0 Å². The number of hydrogen-bond donors (Lipinski definition) is 2. The lowest BCUT2D eigenvalue weighted by Crippen LogP contribution is -2.37. The van der Waals surface area contributed by atoms with Crippen molar-refractivity contribution in [3.05, 3.63) is 39.7 Å². The number of halogens is 1. The minimum absolute atomic E-state index is 0.130. The summed E-state index contributed by atoms with van der Waals surface area (Å²) in [5.41, 5.74) is 2.71. The number of nitro benzene ring substituents is 1. The molecule has 6 heteroatoms. The number of benzene rings is 1. The highest BCUT2D eigenvalue weighted by molar-refractivity contribution is 5.39. The zero-order chi connectivity index (χ0) is 12.3. The highest BCUT2D eigenvalue weighted by Crippen LogP contribution is 2.28. The lowest BCUT2D eigenvalue weighted by atomic mass is 9.98. The molecule has 1 atom stereocenters. The second kappa shape index (κ2) is 4.54. The molecule has 3 N–H and O–H groups in total. The van der Waals surface area contributed by atoms with Gasteiger partial charge < -0.3 is 5.11 Å². The third-order valence-electron chi connectivity index (χ3n) is 2.27. The minimum Gasteiger partial charge on any atom is -0.372 e. The molecule has 0 spiro atoms. The van der Waals surface area contributed by atoms with Crippen molar-refractivity contribution in [3.8, 4) is 0 Å². The molecule has 0 aromatic heterocycles. The number of aliphatic hydroxyl groups is 1. The Balaban J connectivity index is 3.25. The molecule has 0 radical (unpaired) electrons. The maximum absolute atomic E-state index is 13.7. The second-order valence-corrected chi connectivity index (χ2v) is 3.57. The zero-order valence-electron chi connectivity index (χ0n) is 8.81. The normalized spacial score (nSPS) is 14.5. The Morgan fingerprint density at radius 1 is 1.62 bits per heavy atom. The van der Waals surface area contributed by atoms with Crippen molar-refractivity contribution in [2.75, 3.05) is 0 Å². The van der Waals surface area contributed by atoms with Crippen LogP contribution in [0.15, 0.2) is 18.2 Å². The highest BCUT2D eigenvalue weighted by Gasteiger charge is 2.30. The SMILES string of the molecule is CCC[C@](N)(O)c1cccc([N+](=O)[O-])c1F. The van der Waals surface area contributed by atoms with Gasteiger partial charge in [-0.1, -0.05) is 25.5 Å². The maximum atomic E-state index is 13.7. The van der Waals surface area contributed by atoms with Gasteiger partial charge >= 0.3 is 5.69 Å². The molecule has 0 fully saturated rings. The van der Waals surface area contributed by atoms with Gasteiger partial charge in [0.1, 0.15) is 5.72 Å². The second-order valence-electron chi connectivity index (χ2n) is 3.57. The minimum atomic E-state index is -1.87. The predicted molar refractivity (Wildman–Crippen MR) is 56.0 cm³/mol. The molecule has 0 aliphatic carbocycles. The van der Waals surface area contributed by atoms with Crippen LogP contribution in [0.3, 0.4) is 0 Å². The largest absolute Gasteiger partial charge is 0.372 e. The maximum Gasteiger partial charge on any atom is 0.305 e. The molecule has 88 valence electrons. The highest BCUT2D eigenvalue weighted by atomic mass is 19.1. The van der Waals surface area contributed by atoms with Crippen LogP contribution in [-0.2, 0) is 5.72 Å². The molecule has 1 aromatic rings. The standard InChI is InChI=1S/C10H13FN2O3/c1-2-6-10(12,14)7-4-3-5-8(9(7)11)13(15)16/h3-5,14H,2,6,12H2,1H3/t10-/m0/s1. The van der Waals surface area contributed by atoms with E-state index in [1.54, 1.807) is 6.92 Å². The first-order valence-corrected chi connectivity index (χ1v) is 4.84. The van der Waals surface area contributed by atoms with Crippen LogP contribution >= 0.6 is 0 Å². The van der Waals surface area contributed by atoms with E-state index in [0.29, 0.717) is 6.42 Å². The molecule has 0 saturated heterocycles. The molecule has 1 aromatic carbocycles. The first kappa shape index (κ1) is 12.5. The van der Waals surface area contributed by atoms with E-state index in [2.05, 4.69) is 0 Å². The average molecular weight is 228 g/mol. The molecule has 0 bridgehead atoms. The third-order valence-corrected chi connectivity index (χ3v) is 2.27. The summed E-state index contributed by atoms with van der Waals surface area (Å²) in [7, 11) is 0.